The Balaban J connectivity index is 2.06. The van der Waals surface area contributed by atoms with Crippen LogP contribution in [0, 0.1) is 0 Å². The van der Waals surface area contributed by atoms with Crippen molar-refractivity contribution in [2.75, 3.05) is 24.3 Å². The lowest BCUT2D eigenvalue weighted by Crippen LogP contribution is -2.12. The van der Waals surface area contributed by atoms with Crippen molar-refractivity contribution in [3.63, 3.8) is 0 Å². The van der Waals surface area contributed by atoms with E-state index in [2.05, 4.69) is 5.32 Å². The van der Waals surface area contributed by atoms with Crippen LogP contribution in [0.4, 0.5) is 11.4 Å². The average Bonchev–Trinajstić information content (AvgIpc) is 2.88. The van der Waals surface area contributed by atoms with Gasteiger partial charge in [0.1, 0.15) is 5.76 Å². The normalized spacial score (nSPS) is 10.3. The Kier molecular flexibility index (Phi) is 3.90. The molecule has 1 aromatic heterocycles. The Bertz CT molecular complexity index is 556. The van der Waals surface area contributed by atoms with E-state index in [1.165, 1.54) is 0 Å². The van der Waals surface area contributed by atoms with E-state index in [1.54, 1.807) is 6.07 Å². The highest BCUT2D eigenvalue weighted by molar-refractivity contribution is 6.02. The number of furan rings is 1. The second-order valence-corrected chi connectivity index (χ2v) is 4.51. The molecule has 2 rings (SSSR count). The summed E-state index contributed by atoms with van der Waals surface area (Å²) in [6, 6.07) is 11.2. The van der Waals surface area contributed by atoms with Crippen LogP contribution < -0.4 is 10.2 Å². The van der Waals surface area contributed by atoms with E-state index in [0.717, 1.165) is 23.6 Å². The zero-order valence-corrected chi connectivity index (χ0v) is 11.4. The fraction of sp³-hybridized carbons (Fsp3) is 0.267. The van der Waals surface area contributed by atoms with Crippen molar-refractivity contribution in [1.29, 1.82) is 0 Å². The number of nitrogens with one attached hydrogen (secondary N) is 1. The van der Waals surface area contributed by atoms with Crippen LogP contribution >= 0.6 is 0 Å². The topological polar surface area (TPSA) is 45.5 Å². The summed E-state index contributed by atoms with van der Waals surface area (Å²) < 4.78 is 5.41. The molecule has 0 saturated heterocycles. The highest BCUT2D eigenvalue weighted by atomic mass is 16.3. The minimum atomic E-state index is -0.225. The average molecular weight is 258 g/mol. The molecular formula is C15H18N2O2. The van der Waals surface area contributed by atoms with Gasteiger partial charge in [0.15, 0.2) is 5.76 Å². The number of anilines is 2. The van der Waals surface area contributed by atoms with Crippen LogP contribution in [-0.4, -0.2) is 20.0 Å². The largest absolute Gasteiger partial charge is 0.456 e. The quantitative estimate of drug-likeness (QED) is 0.916. The smallest absolute Gasteiger partial charge is 0.291 e. The molecule has 0 aliphatic carbocycles. The van der Waals surface area contributed by atoms with Gasteiger partial charge >= 0.3 is 0 Å². The molecule has 0 aliphatic heterocycles. The van der Waals surface area contributed by atoms with Crippen molar-refractivity contribution < 1.29 is 9.21 Å². The van der Waals surface area contributed by atoms with Gasteiger partial charge in [0.2, 0.25) is 0 Å². The van der Waals surface area contributed by atoms with Crippen LogP contribution in [0.2, 0.25) is 0 Å². The summed E-state index contributed by atoms with van der Waals surface area (Å²) in [5, 5.41) is 2.81. The van der Waals surface area contributed by atoms with E-state index in [-0.39, 0.29) is 5.91 Å². The fourth-order valence-electron chi connectivity index (χ4n) is 1.73. The number of nitrogens with zero attached hydrogens (tertiary/aromatic N) is 1. The van der Waals surface area contributed by atoms with Crippen molar-refractivity contribution in [2.45, 2.75) is 13.3 Å². The van der Waals surface area contributed by atoms with Gasteiger partial charge in [-0.2, -0.15) is 0 Å². The Morgan fingerprint density at radius 2 is 1.84 bits per heavy atom. The van der Waals surface area contributed by atoms with Crippen LogP contribution in [0.5, 0.6) is 0 Å². The molecule has 1 aromatic carbocycles. The van der Waals surface area contributed by atoms with Gasteiger partial charge in [-0.1, -0.05) is 6.92 Å². The van der Waals surface area contributed by atoms with Gasteiger partial charge < -0.3 is 14.6 Å². The zero-order chi connectivity index (χ0) is 13.8. The summed E-state index contributed by atoms with van der Waals surface area (Å²) in [6.45, 7) is 1.99. The second-order valence-electron chi connectivity index (χ2n) is 4.51. The summed E-state index contributed by atoms with van der Waals surface area (Å²) in [4.78, 5) is 14.0. The predicted octanol–water partition coefficient (Wildman–Crippen LogP) is 3.16. The number of amides is 1. The number of benzene rings is 1. The molecule has 0 saturated carbocycles. The Hall–Kier alpha value is -2.23. The molecule has 2 aromatic rings. The lowest BCUT2D eigenvalue weighted by molar-refractivity contribution is 0.0995. The molecule has 1 heterocycles. The maximum absolute atomic E-state index is 11.9. The summed E-state index contributed by atoms with van der Waals surface area (Å²) in [7, 11) is 3.95. The zero-order valence-electron chi connectivity index (χ0n) is 11.4. The SMILES string of the molecule is CCc1ccc(C(=O)Nc2ccc(N(C)C)cc2)o1. The number of rotatable bonds is 4. The van der Waals surface area contributed by atoms with Gasteiger partial charge in [0, 0.05) is 31.9 Å². The summed E-state index contributed by atoms with van der Waals surface area (Å²) in [5.74, 6) is 0.930. The lowest BCUT2D eigenvalue weighted by atomic mass is 10.2. The van der Waals surface area contributed by atoms with E-state index >= 15 is 0 Å². The molecular weight excluding hydrogens is 240 g/mol. The molecule has 0 fully saturated rings. The van der Waals surface area contributed by atoms with Crippen LogP contribution in [-0.2, 0) is 6.42 Å². The van der Waals surface area contributed by atoms with E-state index in [1.807, 2.05) is 56.3 Å². The Labute approximate surface area is 113 Å². The fourth-order valence-corrected chi connectivity index (χ4v) is 1.73. The highest BCUT2D eigenvalue weighted by Gasteiger charge is 2.10. The number of hydrogen-bond donors (Lipinski definition) is 1. The van der Waals surface area contributed by atoms with E-state index in [9.17, 15) is 4.79 Å². The van der Waals surface area contributed by atoms with Gasteiger partial charge in [-0.3, -0.25) is 4.79 Å². The molecule has 0 aliphatic rings. The van der Waals surface area contributed by atoms with Gasteiger partial charge in [0.25, 0.3) is 5.91 Å². The first kappa shape index (κ1) is 13.2. The molecule has 1 amide bonds. The minimum Gasteiger partial charge on any atom is -0.456 e. The molecule has 1 N–H and O–H groups in total. The van der Waals surface area contributed by atoms with Crippen LogP contribution in [0.1, 0.15) is 23.2 Å². The third-order valence-corrected chi connectivity index (χ3v) is 2.88. The number of carbonyl (C=O) groups excluding carboxylic acids is 1. The van der Waals surface area contributed by atoms with Gasteiger partial charge in [-0.05, 0) is 36.4 Å². The van der Waals surface area contributed by atoms with E-state index in [4.69, 9.17) is 4.42 Å². The predicted molar refractivity (Wildman–Crippen MR) is 76.8 cm³/mol. The second kappa shape index (κ2) is 5.61. The summed E-state index contributed by atoms with van der Waals surface area (Å²) in [5.41, 5.74) is 1.84. The van der Waals surface area contributed by atoms with Crippen LogP contribution in [0.3, 0.4) is 0 Å². The third kappa shape index (κ3) is 3.16. The molecule has 0 spiro atoms. The molecule has 0 radical (unpaired) electrons. The van der Waals surface area contributed by atoms with Gasteiger partial charge in [0.05, 0.1) is 0 Å². The van der Waals surface area contributed by atoms with Gasteiger partial charge in [-0.25, -0.2) is 0 Å². The highest BCUT2D eigenvalue weighted by Crippen LogP contribution is 2.17. The molecule has 100 valence electrons. The first-order valence-electron chi connectivity index (χ1n) is 6.27. The number of carbonyl (C=O) groups is 1. The van der Waals surface area contributed by atoms with Crippen molar-refractivity contribution >= 4 is 17.3 Å². The standard InChI is InChI=1S/C15H18N2O2/c1-4-13-9-10-14(19-13)15(18)16-11-5-7-12(8-6-11)17(2)3/h5-10H,4H2,1-3H3,(H,16,18). The molecule has 0 unspecified atom stereocenters. The van der Waals surface area contributed by atoms with E-state index in [0.29, 0.717) is 5.76 Å². The first-order chi connectivity index (χ1) is 9.10. The maximum atomic E-state index is 11.9. The number of aryl methyl sites for hydroxylation is 1. The summed E-state index contributed by atoms with van der Waals surface area (Å²) >= 11 is 0. The Morgan fingerprint density at radius 3 is 2.37 bits per heavy atom. The number of hydrogen-bond acceptors (Lipinski definition) is 3. The molecule has 0 atom stereocenters. The van der Waals surface area contributed by atoms with Crippen molar-refractivity contribution in [3.8, 4) is 0 Å². The maximum Gasteiger partial charge on any atom is 0.291 e. The van der Waals surface area contributed by atoms with Crippen LogP contribution in [0.25, 0.3) is 0 Å². The first-order valence-corrected chi connectivity index (χ1v) is 6.27. The molecule has 0 bridgehead atoms. The van der Waals surface area contributed by atoms with Crippen molar-refractivity contribution in [3.05, 3.63) is 47.9 Å². The van der Waals surface area contributed by atoms with Crippen molar-refractivity contribution in [1.82, 2.24) is 0 Å². The van der Waals surface area contributed by atoms with Gasteiger partial charge in [-0.15, -0.1) is 0 Å². The minimum absolute atomic E-state index is 0.225. The third-order valence-electron chi connectivity index (χ3n) is 2.88. The molecule has 4 nitrogen and oxygen atoms in total. The molecule has 4 heteroatoms. The van der Waals surface area contributed by atoms with E-state index < -0.39 is 0 Å². The van der Waals surface area contributed by atoms with Crippen molar-refractivity contribution in [2.24, 2.45) is 0 Å². The monoisotopic (exact) mass is 258 g/mol. The lowest BCUT2D eigenvalue weighted by Gasteiger charge is -2.12. The molecule has 19 heavy (non-hydrogen) atoms. The Morgan fingerprint density at radius 1 is 1.16 bits per heavy atom. The van der Waals surface area contributed by atoms with Crippen LogP contribution in [0.15, 0.2) is 40.8 Å². The summed E-state index contributed by atoms with van der Waals surface area (Å²) in [6.07, 6.45) is 0.783.